The molecule has 1 fully saturated rings. The van der Waals surface area contributed by atoms with Gasteiger partial charge in [0.2, 0.25) is 0 Å². The molecule has 3 aromatic carbocycles. The van der Waals surface area contributed by atoms with Crippen molar-refractivity contribution in [3.05, 3.63) is 72.3 Å². The molecular weight excluding hydrogens is 418 g/mol. The maximum absolute atomic E-state index is 12.9. The monoisotopic (exact) mass is 445 g/mol. The summed E-state index contributed by atoms with van der Waals surface area (Å²) in [5.74, 6) is 0. The third-order valence-electron chi connectivity index (χ3n) is 5.59. The summed E-state index contributed by atoms with van der Waals surface area (Å²) in [6.45, 7) is 3.13. The first-order valence-corrected chi connectivity index (χ1v) is 11.6. The molecule has 160 valence electrons. The van der Waals surface area contributed by atoms with Crippen LogP contribution in [0.25, 0.3) is 10.8 Å². The van der Waals surface area contributed by atoms with Gasteiger partial charge in [-0.05, 0) is 61.5 Å². The van der Waals surface area contributed by atoms with E-state index in [4.69, 9.17) is 5.73 Å². The van der Waals surface area contributed by atoms with Crippen molar-refractivity contribution < 1.29 is 8.42 Å². The van der Waals surface area contributed by atoms with Gasteiger partial charge in [0.15, 0.2) is 0 Å². The molecule has 0 radical (unpaired) electrons. The van der Waals surface area contributed by atoms with Crippen molar-refractivity contribution in [3.63, 3.8) is 0 Å². The maximum Gasteiger partial charge on any atom is 0.262 e. The molecule has 3 aromatic rings. The molecule has 1 aliphatic heterocycles. The van der Waals surface area contributed by atoms with Crippen molar-refractivity contribution in [2.45, 2.75) is 30.2 Å². The standard InChI is InChI=1S/C23H27N3O2S.ClH/c24-20-13-16-26(17-14-20)15-12-18-8-10-21(11-9-18)25-29(27,28)23-7-3-5-19-4-1-2-6-22(19)23;/h1-11,20,25H,12-17,24H2;1H. The number of piperidine rings is 1. The molecule has 1 saturated heterocycles. The number of hydrogen-bond donors (Lipinski definition) is 2. The van der Waals surface area contributed by atoms with Crippen LogP contribution in [-0.2, 0) is 16.4 Å². The summed E-state index contributed by atoms with van der Waals surface area (Å²) in [5, 5.41) is 1.63. The first kappa shape index (κ1) is 22.6. The molecule has 0 amide bonds. The molecule has 4 rings (SSSR count). The van der Waals surface area contributed by atoms with Crippen LogP contribution in [-0.4, -0.2) is 39.0 Å². The molecule has 30 heavy (non-hydrogen) atoms. The van der Waals surface area contributed by atoms with Gasteiger partial charge in [-0.15, -0.1) is 12.4 Å². The van der Waals surface area contributed by atoms with E-state index in [0.29, 0.717) is 16.6 Å². The van der Waals surface area contributed by atoms with Crippen LogP contribution in [0.1, 0.15) is 18.4 Å². The summed E-state index contributed by atoms with van der Waals surface area (Å²) < 4.78 is 28.6. The number of fused-ring (bicyclic) bond motifs is 1. The number of nitrogens with zero attached hydrogens (tertiary/aromatic N) is 1. The lowest BCUT2D eigenvalue weighted by Gasteiger charge is -2.29. The van der Waals surface area contributed by atoms with Crippen molar-refractivity contribution in [1.29, 1.82) is 0 Å². The van der Waals surface area contributed by atoms with Crippen LogP contribution in [0.2, 0.25) is 0 Å². The zero-order chi connectivity index (χ0) is 20.3. The highest BCUT2D eigenvalue weighted by atomic mass is 35.5. The fourth-order valence-corrected chi connectivity index (χ4v) is 5.13. The zero-order valence-electron chi connectivity index (χ0n) is 16.8. The fraction of sp³-hybridized carbons (Fsp3) is 0.304. The minimum atomic E-state index is -3.66. The van der Waals surface area contributed by atoms with Crippen molar-refractivity contribution in [3.8, 4) is 0 Å². The molecule has 7 heteroatoms. The maximum atomic E-state index is 12.9. The molecule has 0 aliphatic carbocycles. The van der Waals surface area contributed by atoms with Crippen LogP contribution in [0.4, 0.5) is 5.69 Å². The lowest BCUT2D eigenvalue weighted by Crippen LogP contribution is -2.40. The quantitative estimate of drug-likeness (QED) is 0.600. The van der Waals surface area contributed by atoms with Crippen molar-refractivity contribution in [1.82, 2.24) is 4.90 Å². The van der Waals surface area contributed by atoms with Gasteiger partial charge in [0.05, 0.1) is 4.90 Å². The van der Waals surface area contributed by atoms with Gasteiger partial charge in [-0.1, -0.05) is 48.5 Å². The lowest BCUT2D eigenvalue weighted by molar-refractivity contribution is 0.215. The molecule has 1 heterocycles. The fourth-order valence-electron chi connectivity index (χ4n) is 3.84. The highest BCUT2D eigenvalue weighted by Gasteiger charge is 2.18. The Labute approximate surface area is 184 Å². The SMILES string of the molecule is Cl.NC1CCN(CCc2ccc(NS(=O)(=O)c3cccc4ccccc34)cc2)CC1. The molecule has 0 unspecified atom stereocenters. The molecular formula is C23H28ClN3O2S. The van der Waals surface area contributed by atoms with Crippen molar-refractivity contribution in [2.24, 2.45) is 5.73 Å². The summed E-state index contributed by atoms with van der Waals surface area (Å²) >= 11 is 0. The summed E-state index contributed by atoms with van der Waals surface area (Å²) in [7, 11) is -3.66. The van der Waals surface area contributed by atoms with Gasteiger partial charge < -0.3 is 10.6 Å². The Morgan fingerprint density at radius 3 is 2.33 bits per heavy atom. The molecule has 0 atom stereocenters. The minimum Gasteiger partial charge on any atom is -0.328 e. The van der Waals surface area contributed by atoms with Crippen LogP contribution in [0, 0.1) is 0 Å². The van der Waals surface area contributed by atoms with Gasteiger partial charge in [0.1, 0.15) is 0 Å². The number of likely N-dealkylation sites (tertiary alicyclic amines) is 1. The van der Waals surface area contributed by atoms with E-state index in [1.165, 1.54) is 5.56 Å². The molecule has 0 bridgehead atoms. The van der Waals surface area contributed by atoms with Crippen molar-refractivity contribution >= 4 is 38.9 Å². The van der Waals surface area contributed by atoms with Gasteiger partial charge in [0, 0.05) is 23.7 Å². The number of rotatable bonds is 6. The van der Waals surface area contributed by atoms with E-state index >= 15 is 0 Å². The van der Waals surface area contributed by atoms with E-state index in [9.17, 15) is 8.42 Å². The molecule has 0 spiro atoms. The molecule has 1 aliphatic rings. The largest absolute Gasteiger partial charge is 0.328 e. The predicted molar refractivity (Wildman–Crippen MR) is 126 cm³/mol. The Morgan fingerprint density at radius 1 is 0.933 bits per heavy atom. The molecule has 3 N–H and O–H groups in total. The van der Waals surface area contributed by atoms with Gasteiger partial charge >= 0.3 is 0 Å². The minimum absolute atomic E-state index is 0. The molecule has 0 aromatic heterocycles. The number of benzene rings is 3. The Hall–Kier alpha value is -2.12. The highest BCUT2D eigenvalue weighted by Crippen LogP contribution is 2.25. The van der Waals surface area contributed by atoms with Crippen LogP contribution in [0.3, 0.4) is 0 Å². The van der Waals surface area contributed by atoms with Crippen molar-refractivity contribution in [2.75, 3.05) is 24.4 Å². The Morgan fingerprint density at radius 2 is 1.60 bits per heavy atom. The number of anilines is 1. The Balaban J connectivity index is 0.00000256. The van der Waals surface area contributed by atoms with E-state index in [-0.39, 0.29) is 12.4 Å². The first-order chi connectivity index (χ1) is 14.0. The summed E-state index contributed by atoms with van der Waals surface area (Å²) in [6.07, 6.45) is 3.08. The first-order valence-electron chi connectivity index (χ1n) is 10.1. The average molecular weight is 446 g/mol. The third-order valence-corrected chi connectivity index (χ3v) is 7.03. The second-order valence-electron chi connectivity index (χ2n) is 7.71. The predicted octanol–water partition coefficient (Wildman–Crippen LogP) is 4.03. The van der Waals surface area contributed by atoms with Gasteiger partial charge in [-0.25, -0.2) is 8.42 Å². The van der Waals surface area contributed by atoms with Gasteiger partial charge in [-0.3, -0.25) is 4.72 Å². The van der Waals surface area contributed by atoms with Crippen LogP contribution >= 0.6 is 12.4 Å². The van der Waals surface area contributed by atoms with E-state index in [1.807, 2.05) is 54.6 Å². The third kappa shape index (κ3) is 5.32. The second kappa shape index (κ2) is 9.79. The lowest BCUT2D eigenvalue weighted by atomic mass is 10.1. The normalized spacial score (nSPS) is 15.6. The number of nitrogens with one attached hydrogen (secondary N) is 1. The smallest absolute Gasteiger partial charge is 0.262 e. The van der Waals surface area contributed by atoms with Crippen LogP contribution in [0.15, 0.2) is 71.6 Å². The Bertz CT molecular complexity index is 1070. The van der Waals surface area contributed by atoms with Gasteiger partial charge in [0.25, 0.3) is 10.0 Å². The van der Waals surface area contributed by atoms with Gasteiger partial charge in [-0.2, -0.15) is 0 Å². The number of nitrogens with two attached hydrogens (primary N) is 1. The molecule has 0 saturated carbocycles. The Kier molecular flexibility index (Phi) is 7.36. The average Bonchev–Trinajstić information content (AvgIpc) is 2.74. The molecule has 5 nitrogen and oxygen atoms in total. The second-order valence-corrected chi connectivity index (χ2v) is 9.36. The summed E-state index contributed by atoms with van der Waals surface area (Å²) in [6, 6.07) is 20.9. The zero-order valence-corrected chi connectivity index (χ0v) is 18.5. The van der Waals surface area contributed by atoms with E-state index in [1.54, 1.807) is 12.1 Å². The summed E-state index contributed by atoms with van der Waals surface area (Å²) in [4.78, 5) is 2.74. The topological polar surface area (TPSA) is 75.4 Å². The highest BCUT2D eigenvalue weighted by molar-refractivity contribution is 7.93. The van der Waals surface area contributed by atoms with E-state index in [0.717, 1.165) is 49.7 Å². The number of hydrogen-bond acceptors (Lipinski definition) is 4. The van der Waals surface area contributed by atoms with E-state index in [2.05, 4.69) is 9.62 Å². The van der Waals surface area contributed by atoms with Crippen LogP contribution in [0.5, 0.6) is 0 Å². The number of sulfonamides is 1. The summed E-state index contributed by atoms with van der Waals surface area (Å²) in [5.41, 5.74) is 7.74. The van der Waals surface area contributed by atoms with E-state index < -0.39 is 10.0 Å². The van der Waals surface area contributed by atoms with Crippen LogP contribution < -0.4 is 10.5 Å². The number of halogens is 1.